The standard InChI is InChI=1S/C23H24N2O2/c1-4-13-18(5-2)23(6-3)21(26)24(19-14-9-7-10-15-19)25(22(23)27)20-16-11-8-12-17-20/h5-12,14-18H,2-4,13H2,1H3. The van der Waals surface area contributed by atoms with E-state index in [1.165, 1.54) is 16.1 Å². The lowest BCUT2D eigenvalue weighted by Crippen LogP contribution is -2.41. The molecule has 2 aromatic carbocycles. The van der Waals surface area contributed by atoms with Crippen LogP contribution in [0.3, 0.4) is 0 Å². The molecule has 0 N–H and O–H groups in total. The van der Waals surface area contributed by atoms with Gasteiger partial charge in [0.1, 0.15) is 0 Å². The molecular formula is C23H24N2O2. The molecule has 2 aromatic rings. The van der Waals surface area contributed by atoms with E-state index in [0.29, 0.717) is 17.8 Å². The second-order valence-corrected chi connectivity index (χ2v) is 6.61. The van der Waals surface area contributed by atoms with Crippen molar-refractivity contribution in [3.8, 4) is 0 Å². The number of benzene rings is 2. The van der Waals surface area contributed by atoms with Gasteiger partial charge in [0.05, 0.1) is 11.4 Å². The van der Waals surface area contributed by atoms with Gasteiger partial charge in [-0.05, 0) is 30.7 Å². The number of rotatable bonds is 7. The number of allylic oxidation sites excluding steroid dienone is 1. The maximum absolute atomic E-state index is 13.7. The Hall–Kier alpha value is -3.14. The monoisotopic (exact) mass is 360 g/mol. The lowest BCUT2D eigenvalue weighted by atomic mass is 9.72. The van der Waals surface area contributed by atoms with Crippen LogP contribution in [0.2, 0.25) is 0 Å². The third-order valence-electron chi connectivity index (χ3n) is 5.09. The molecule has 1 fully saturated rings. The highest BCUT2D eigenvalue weighted by Crippen LogP contribution is 2.45. The van der Waals surface area contributed by atoms with Crippen molar-refractivity contribution >= 4 is 23.2 Å². The van der Waals surface area contributed by atoms with E-state index in [1.54, 1.807) is 6.08 Å². The first-order valence-corrected chi connectivity index (χ1v) is 9.17. The molecule has 27 heavy (non-hydrogen) atoms. The van der Waals surface area contributed by atoms with E-state index in [9.17, 15) is 9.59 Å². The molecule has 1 heterocycles. The Labute approximate surface area is 160 Å². The molecule has 3 rings (SSSR count). The van der Waals surface area contributed by atoms with Crippen molar-refractivity contribution in [3.05, 3.63) is 86.0 Å². The van der Waals surface area contributed by atoms with Crippen LogP contribution in [0.4, 0.5) is 11.4 Å². The molecule has 1 atom stereocenters. The maximum Gasteiger partial charge on any atom is 0.266 e. The largest absolute Gasteiger partial charge is 0.271 e. The average Bonchev–Trinajstić information content (AvgIpc) is 2.95. The molecule has 1 saturated heterocycles. The van der Waals surface area contributed by atoms with Gasteiger partial charge in [0.15, 0.2) is 5.41 Å². The molecule has 4 heteroatoms. The van der Waals surface area contributed by atoms with Crippen molar-refractivity contribution < 1.29 is 9.59 Å². The van der Waals surface area contributed by atoms with Crippen LogP contribution in [0.15, 0.2) is 86.0 Å². The predicted octanol–water partition coefficient (Wildman–Crippen LogP) is 4.76. The van der Waals surface area contributed by atoms with Crippen LogP contribution in [0.1, 0.15) is 19.8 Å². The molecule has 2 amide bonds. The van der Waals surface area contributed by atoms with Gasteiger partial charge in [0.25, 0.3) is 11.8 Å². The summed E-state index contributed by atoms with van der Waals surface area (Å²) in [7, 11) is 0. The number of carbonyl (C=O) groups excluding carboxylic acids is 2. The summed E-state index contributed by atoms with van der Waals surface area (Å²) in [6.07, 6.45) is 4.72. The highest BCUT2D eigenvalue weighted by Gasteiger charge is 2.60. The summed E-state index contributed by atoms with van der Waals surface area (Å²) in [6.45, 7) is 9.80. The zero-order valence-electron chi connectivity index (χ0n) is 15.5. The minimum absolute atomic E-state index is 0.295. The van der Waals surface area contributed by atoms with Gasteiger partial charge in [0, 0.05) is 5.92 Å². The van der Waals surface area contributed by atoms with Crippen LogP contribution < -0.4 is 10.0 Å². The second-order valence-electron chi connectivity index (χ2n) is 6.61. The van der Waals surface area contributed by atoms with Crippen LogP contribution in [-0.4, -0.2) is 11.8 Å². The molecule has 0 radical (unpaired) electrons. The Balaban J connectivity index is 2.22. The zero-order chi connectivity index (χ0) is 19.4. The molecule has 138 valence electrons. The number of para-hydroxylation sites is 2. The number of hydrogen-bond acceptors (Lipinski definition) is 2. The molecule has 1 unspecified atom stereocenters. The minimum Gasteiger partial charge on any atom is -0.271 e. The van der Waals surface area contributed by atoms with Crippen LogP contribution >= 0.6 is 0 Å². The topological polar surface area (TPSA) is 40.6 Å². The molecule has 0 aliphatic carbocycles. The summed E-state index contributed by atoms with van der Waals surface area (Å²) in [6, 6.07) is 18.4. The summed E-state index contributed by atoms with van der Waals surface area (Å²) in [5, 5.41) is 2.93. The minimum atomic E-state index is -1.36. The van der Waals surface area contributed by atoms with Gasteiger partial charge < -0.3 is 0 Å². The van der Waals surface area contributed by atoms with Gasteiger partial charge in [-0.2, -0.15) is 0 Å². The lowest BCUT2D eigenvalue weighted by Gasteiger charge is -2.27. The van der Waals surface area contributed by atoms with Crippen LogP contribution in [-0.2, 0) is 9.59 Å². The van der Waals surface area contributed by atoms with Gasteiger partial charge in [-0.25, -0.2) is 10.0 Å². The molecule has 0 bridgehead atoms. The second kappa shape index (κ2) is 7.62. The molecular weight excluding hydrogens is 336 g/mol. The van der Waals surface area contributed by atoms with Crippen molar-refractivity contribution in [3.63, 3.8) is 0 Å². The lowest BCUT2D eigenvalue weighted by molar-refractivity contribution is -0.133. The summed E-state index contributed by atoms with van der Waals surface area (Å²) < 4.78 is 0. The van der Waals surface area contributed by atoms with E-state index in [4.69, 9.17) is 0 Å². The average molecular weight is 360 g/mol. The highest BCUT2D eigenvalue weighted by atomic mass is 16.2. The predicted molar refractivity (Wildman–Crippen MR) is 109 cm³/mol. The van der Waals surface area contributed by atoms with Gasteiger partial charge in [-0.1, -0.05) is 61.9 Å². The smallest absolute Gasteiger partial charge is 0.266 e. The molecule has 1 aliphatic heterocycles. The first-order valence-electron chi connectivity index (χ1n) is 9.17. The van der Waals surface area contributed by atoms with Gasteiger partial charge in [0.2, 0.25) is 0 Å². The molecule has 4 nitrogen and oxygen atoms in total. The molecule has 0 aromatic heterocycles. The number of anilines is 2. The SMILES string of the molecule is C=CC(CCC)C1(C=C)C(=O)N(c2ccccc2)N(c2ccccc2)C1=O. The van der Waals surface area contributed by atoms with Crippen molar-refractivity contribution in [2.75, 3.05) is 10.0 Å². The number of hydrazine groups is 1. The number of hydrogen-bond donors (Lipinski definition) is 0. The number of amides is 2. The fourth-order valence-electron chi connectivity index (χ4n) is 3.71. The molecule has 0 spiro atoms. The maximum atomic E-state index is 13.7. The van der Waals surface area contributed by atoms with Crippen LogP contribution in [0.5, 0.6) is 0 Å². The summed E-state index contributed by atoms with van der Waals surface area (Å²) in [5.74, 6) is -0.910. The van der Waals surface area contributed by atoms with E-state index >= 15 is 0 Å². The quantitative estimate of drug-likeness (QED) is 0.528. The van der Waals surface area contributed by atoms with Crippen molar-refractivity contribution in [1.29, 1.82) is 0 Å². The Morgan fingerprint density at radius 1 is 0.889 bits per heavy atom. The Kier molecular flexibility index (Phi) is 5.26. The third-order valence-corrected chi connectivity index (χ3v) is 5.09. The van der Waals surface area contributed by atoms with Gasteiger partial charge >= 0.3 is 0 Å². The van der Waals surface area contributed by atoms with E-state index < -0.39 is 5.41 Å². The Bertz CT molecular complexity index is 788. The van der Waals surface area contributed by atoms with Crippen LogP contribution in [0.25, 0.3) is 0 Å². The first kappa shape index (κ1) is 18.6. The number of nitrogens with zero attached hydrogens (tertiary/aromatic N) is 2. The Morgan fingerprint density at radius 2 is 1.33 bits per heavy atom. The zero-order valence-corrected chi connectivity index (χ0v) is 15.5. The fourth-order valence-corrected chi connectivity index (χ4v) is 3.71. The van der Waals surface area contributed by atoms with E-state index in [1.807, 2.05) is 67.6 Å². The van der Waals surface area contributed by atoms with E-state index in [2.05, 4.69) is 13.2 Å². The molecule has 1 aliphatic rings. The van der Waals surface area contributed by atoms with Crippen molar-refractivity contribution in [2.45, 2.75) is 19.8 Å². The third kappa shape index (κ3) is 2.87. The molecule has 0 saturated carbocycles. The van der Waals surface area contributed by atoms with Crippen molar-refractivity contribution in [1.82, 2.24) is 0 Å². The van der Waals surface area contributed by atoms with E-state index in [-0.39, 0.29) is 17.7 Å². The van der Waals surface area contributed by atoms with Crippen LogP contribution in [0, 0.1) is 11.3 Å². The van der Waals surface area contributed by atoms with Gasteiger partial charge in [-0.3, -0.25) is 9.59 Å². The fraction of sp³-hybridized carbons (Fsp3) is 0.217. The normalized spacial score (nSPS) is 17.1. The summed E-state index contributed by atoms with van der Waals surface area (Å²) in [5.41, 5.74) is -0.0748. The van der Waals surface area contributed by atoms with Crippen molar-refractivity contribution in [2.24, 2.45) is 11.3 Å². The summed E-state index contributed by atoms with van der Waals surface area (Å²) >= 11 is 0. The number of carbonyl (C=O) groups is 2. The Morgan fingerprint density at radius 3 is 1.67 bits per heavy atom. The summed E-state index contributed by atoms with van der Waals surface area (Å²) in [4.78, 5) is 27.3. The first-order chi connectivity index (χ1) is 13.1. The highest BCUT2D eigenvalue weighted by molar-refractivity contribution is 6.27. The van der Waals surface area contributed by atoms with Gasteiger partial charge in [-0.15, -0.1) is 13.2 Å². The van der Waals surface area contributed by atoms with E-state index in [0.717, 1.165) is 6.42 Å².